The Kier molecular flexibility index (Phi) is 6.66. The number of nitriles is 1. The molecule has 0 fully saturated rings. The Balaban J connectivity index is 1.50. The summed E-state index contributed by atoms with van der Waals surface area (Å²) in [5.41, 5.74) is 2.74. The quantitative estimate of drug-likeness (QED) is 0.548. The third kappa shape index (κ3) is 5.35. The number of amidine groups is 1. The Hall–Kier alpha value is -3.77. The van der Waals surface area contributed by atoms with Gasteiger partial charge < -0.3 is 10.1 Å². The number of nitrogens with zero attached hydrogens (tertiary/aromatic N) is 4. The Labute approximate surface area is 194 Å². The fourth-order valence-electron chi connectivity index (χ4n) is 3.20. The van der Waals surface area contributed by atoms with Crippen LogP contribution in [-0.4, -0.2) is 33.7 Å². The normalized spacial score (nSPS) is 14.6. The Bertz CT molecular complexity index is 1330. The van der Waals surface area contributed by atoms with Crippen LogP contribution in [0.3, 0.4) is 0 Å². The standard InChI is InChI=1S/C24H20FN5O2S/c1-14(2)32-22-16(12-26)13-28-19-7-6-18(29-21(19)22)11-20-23(31)30-24(33-20)27-9-8-15-4-3-5-17(25)10-15/h3-7,10-11,13-14H,8-9H2,1-2H3,(H,27,30,31)/b20-11+. The number of hydrogen-bond acceptors (Lipinski definition) is 7. The molecule has 0 bridgehead atoms. The topological polar surface area (TPSA) is 100 Å². The minimum absolute atomic E-state index is 0.145. The van der Waals surface area contributed by atoms with E-state index in [0.29, 0.717) is 51.1 Å². The number of ether oxygens (including phenoxy) is 1. The molecule has 1 aromatic carbocycles. The average molecular weight is 462 g/mol. The highest BCUT2D eigenvalue weighted by atomic mass is 32.2. The monoisotopic (exact) mass is 461 g/mol. The number of rotatable bonds is 6. The van der Waals surface area contributed by atoms with Crippen LogP contribution in [0.15, 0.2) is 52.5 Å². The van der Waals surface area contributed by atoms with E-state index >= 15 is 0 Å². The highest BCUT2D eigenvalue weighted by Crippen LogP contribution is 2.30. The Morgan fingerprint density at radius 2 is 2.15 bits per heavy atom. The van der Waals surface area contributed by atoms with Crippen molar-refractivity contribution < 1.29 is 13.9 Å². The molecular weight excluding hydrogens is 441 g/mol. The zero-order valence-electron chi connectivity index (χ0n) is 18.0. The molecule has 2 aromatic heterocycles. The first-order chi connectivity index (χ1) is 15.9. The number of pyridine rings is 2. The molecular formula is C24H20FN5O2S. The van der Waals surface area contributed by atoms with Crippen LogP contribution in [0.4, 0.5) is 4.39 Å². The summed E-state index contributed by atoms with van der Waals surface area (Å²) in [7, 11) is 0. The predicted octanol–water partition coefficient (Wildman–Crippen LogP) is 4.23. The number of carbonyl (C=O) groups excluding carboxylic acids is 1. The van der Waals surface area contributed by atoms with Gasteiger partial charge in [-0.1, -0.05) is 12.1 Å². The number of thioether (sulfide) groups is 1. The van der Waals surface area contributed by atoms with Crippen LogP contribution in [0.2, 0.25) is 0 Å². The first kappa shape index (κ1) is 22.4. The first-order valence-electron chi connectivity index (χ1n) is 10.3. The van der Waals surface area contributed by atoms with Crippen molar-refractivity contribution in [3.05, 3.63) is 70.1 Å². The minimum Gasteiger partial charge on any atom is -0.487 e. The highest BCUT2D eigenvalue weighted by Gasteiger charge is 2.22. The van der Waals surface area contributed by atoms with Gasteiger partial charge >= 0.3 is 0 Å². The van der Waals surface area contributed by atoms with Crippen LogP contribution in [0.25, 0.3) is 17.1 Å². The van der Waals surface area contributed by atoms with E-state index in [1.54, 1.807) is 24.3 Å². The lowest BCUT2D eigenvalue weighted by Gasteiger charge is -2.13. The van der Waals surface area contributed by atoms with E-state index in [1.165, 1.54) is 30.1 Å². The molecule has 33 heavy (non-hydrogen) atoms. The van der Waals surface area contributed by atoms with E-state index in [-0.39, 0.29) is 17.8 Å². The van der Waals surface area contributed by atoms with Crippen LogP contribution in [0, 0.1) is 17.1 Å². The molecule has 7 nitrogen and oxygen atoms in total. The molecule has 1 aliphatic rings. The lowest BCUT2D eigenvalue weighted by Crippen LogP contribution is -2.21. The van der Waals surface area contributed by atoms with E-state index in [9.17, 15) is 14.4 Å². The molecule has 166 valence electrons. The predicted molar refractivity (Wildman–Crippen MR) is 126 cm³/mol. The van der Waals surface area contributed by atoms with Crippen molar-refractivity contribution in [2.24, 2.45) is 4.99 Å². The van der Waals surface area contributed by atoms with Crippen LogP contribution in [-0.2, 0) is 11.2 Å². The molecule has 0 radical (unpaired) electrons. The molecule has 0 unspecified atom stereocenters. The van der Waals surface area contributed by atoms with E-state index in [1.807, 2.05) is 19.9 Å². The third-order valence-corrected chi connectivity index (χ3v) is 5.58. The van der Waals surface area contributed by atoms with Crippen LogP contribution in [0.1, 0.15) is 30.7 Å². The summed E-state index contributed by atoms with van der Waals surface area (Å²) >= 11 is 1.22. The summed E-state index contributed by atoms with van der Waals surface area (Å²) in [5, 5.41) is 13.0. The number of aromatic nitrogens is 2. The number of carbonyl (C=O) groups is 1. The maximum atomic E-state index is 13.3. The summed E-state index contributed by atoms with van der Waals surface area (Å²) in [5.74, 6) is -0.265. The van der Waals surface area contributed by atoms with Crippen LogP contribution >= 0.6 is 11.8 Å². The van der Waals surface area contributed by atoms with Crippen molar-refractivity contribution in [3.63, 3.8) is 0 Å². The van der Waals surface area contributed by atoms with E-state index < -0.39 is 0 Å². The second-order valence-corrected chi connectivity index (χ2v) is 8.55. The smallest absolute Gasteiger partial charge is 0.286 e. The van der Waals surface area contributed by atoms with Gasteiger partial charge in [-0.25, -0.2) is 9.37 Å². The van der Waals surface area contributed by atoms with Gasteiger partial charge in [-0.2, -0.15) is 10.3 Å². The van der Waals surface area contributed by atoms with Gasteiger partial charge in [0.15, 0.2) is 10.9 Å². The van der Waals surface area contributed by atoms with E-state index in [2.05, 4.69) is 26.3 Å². The lowest BCUT2D eigenvalue weighted by molar-refractivity contribution is -0.113. The van der Waals surface area contributed by atoms with Crippen LogP contribution < -0.4 is 10.1 Å². The molecule has 0 saturated carbocycles. The molecule has 4 rings (SSSR count). The largest absolute Gasteiger partial charge is 0.487 e. The van der Waals surface area contributed by atoms with Crippen LogP contribution in [0.5, 0.6) is 5.75 Å². The van der Waals surface area contributed by atoms with Crippen molar-refractivity contribution >= 4 is 39.9 Å². The second kappa shape index (κ2) is 9.79. The number of nitrogens with one attached hydrogen (secondary N) is 1. The number of hydrogen-bond donors (Lipinski definition) is 1. The SMILES string of the molecule is CC(C)Oc1c(C#N)cnc2ccc(/C=C3/SC(NCCc4cccc(F)c4)=NC3=O)nc12. The van der Waals surface area contributed by atoms with Gasteiger partial charge in [0.25, 0.3) is 5.91 Å². The number of amides is 1. The fourth-order valence-corrected chi connectivity index (χ4v) is 4.02. The molecule has 0 saturated heterocycles. The Morgan fingerprint density at radius 3 is 2.91 bits per heavy atom. The maximum absolute atomic E-state index is 13.3. The molecule has 1 amide bonds. The zero-order chi connectivity index (χ0) is 23.4. The molecule has 1 N–H and O–H groups in total. The van der Waals surface area contributed by atoms with Gasteiger partial charge in [-0.15, -0.1) is 0 Å². The molecule has 9 heteroatoms. The van der Waals surface area contributed by atoms with Gasteiger partial charge in [-0.3, -0.25) is 9.78 Å². The molecule has 0 aliphatic carbocycles. The Morgan fingerprint density at radius 1 is 1.30 bits per heavy atom. The number of benzene rings is 1. The molecule has 0 spiro atoms. The average Bonchev–Trinajstić information content (AvgIpc) is 3.12. The van der Waals surface area contributed by atoms with Gasteiger partial charge in [0.1, 0.15) is 23.0 Å². The summed E-state index contributed by atoms with van der Waals surface area (Å²) in [6.07, 6.45) is 3.57. The maximum Gasteiger partial charge on any atom is 0.286 e. The summed E-state index contributed by atoms with van der Waals surface area (Å²) in [6, 6.07) is 12.0. The van der Waals surface area contributed by atoms with Crippen molar-refractivity contribution in [2.75, 3.05) is 6.54 Å². The minimum atomic E-state index is -0.363. The highest BCUT2D eigenvalue weighted by molar-refractivity contribution is 8.18. The van der Waals surface area contributed by atoms with Crippen molar-refractivity contribution in [1.82, 2.24) is 15.3 Å². The summed E-state index contributed by atoms with van der Waals surface area (Å²) < 4.78 is 19.1. The number of aliphatic imine (C=N–C) groups is 1. The van der Waals surface area contributed by atoms with Crippen molar-refractivity contribution in [1.29, 1.82) is 5.26 Å². The van der Waals surface area contributed by atoms with Crippen molar-refractivity contribution in [2.45, 2.75) is 26.4 Å². The van der Waals surface area contributed by atoms with Gasteiger partial charge in [0.2, 0.25) is 0 Å². The molecule has 1 aliphatic heterocycles. The van der Waals surface area contributed by atoms with Gasteiger partial charge in [-0.05, 0) is 67.9 Å². The van der Waals surface area contributed by atoms with Crippen molar-refractivity contribution in [3.8, 4) is 11.8 Å². The number of fused-ring (bicyclic) bond motifs is 1. The zero-order valence-corrected chi connectivity index (χ0v) is 18.8. The van der Waals surface area contributed by atoms with Gasteiger partial charge in [0, 0.05) is 12.7 Å². The number of halogens is 1. The van der Waals surface area contributed by atoms with E-state index in [0.717, 1.165) is 5.56 Å². The first-order valence-corrected chi connectivity index (χ1v) is 11.1. The second-order valence-electron chi connectivity index (χ2n) is 7.52. The van der Waals surface area contributed by atoms with E-state index in [4.69, 9.17) is 4.74 Å². The van der Waals surface area contributed by atoms with Gasteiger partial charge in [0.05, 0.1) is 22.2 Å². The molecule has 3 heterocycles. The third-order valence-electron chi connectivity index (χ3n) is 4.64. The molecule has 3 aromatic rings. The fraction of sp³-hybridized carbons (Fsp3) is 0.208. The molecule has 0 atom stereocenters. The summed E-state index contributed by atoms with van der Waals surface area (Å²) in [6.45, 7) is 4.25. The summed E-state index contributed by atoms with van der Waals surface area (Å²) in [4.78, 5) is 25.7. The lowest BCUT2D eigenvalue weighted by atomic mass is 10.1.